The number of nitrogens with zero attached hydrogens (tertiary/aromatic N) is 2. The van der Waals surface area contributed by atoms with Gasteiger partial charge < -0.3 is 14.1 Å². The average molecular weight is 369 g/mol. The van der Waals surface area contributed by atoms with Crippen molar-refractivity contribution in [3.8, 4) is 0 Å². The Bertz CT molecular complexity index is 1190. The zero-order valence-corrected chi connectivity index (χ0v) is 14.9. The van der Waals surface area contributed by atoms with Crippen molar-refractivity contribution in [2.45, 2.75) is 10.9 Å². The number of furan rings is 1. The minimum atomic E-state index is -0.521. The van der Waals surface area contributed by atoms with Gasteiger partial charge in [0.05, 0.1) is 12.9 Å². The first-order valence-corrected chi connectivity index (χ1v) is 8.84. The van der Waals surface area contributed by atoms with Gasteiger partial charge in [0, 0.05) is 18.0 Å². The molecule has 0 saturated heterocycles. The molecule has 0 atom stereocenters. The Labute approximate surface area is 152 Å². The minimum absolute atomic E-state index is 0.136. The highest BCUT2D eigenvalue weighted by Gasteiger charge is 2.15. The maximum atomic E-state index is 12.7. The lowest BCUT2D eigenvalue weighted by atomic mass is 10.2. The third kappa shape index (κ3) is 2.68. The van der Waals surface area contributed by atoms with Gasteiger partial charge in [0.15, 0.2) is 5.16 Å². The number of thioether (sulfide) groups is 1. The van der Waals surface area contributed by atoms with Crippen molar-refractivity contribution >= 4 is 39.7 Å². The molecule has 0 fully saturated rings. The summed E-state index contributed by atoms with van der Waals surface area (Å²) in [5, 5.41) is 1.48. The van der Waals surface area contributed by atoms with Crippen LogP contribution in [0.3, 0.4) is 0 Å². The summed E-state index contributed by atoms with van der Waals surface area (Å²) in [6.45, 7) is 0. The van der Waals surface area contributed by atoms with Crippen LogP contribution in [0, 0.1) is 0 Å². The Morgan fingerprint density at radius 3 is 2.92 bits per heavy atom. The van der Waals surface area contributed by atoms with Crippen LogP contribution in [-0.2, 0) is 17.5 Å². The summed E-state index contributed by atoms with van der Waals surface area (Å²) in [4.78, 5) is 31.9. The average Bonchev–Trinajstić information content (AvgIpc) is 3.28. The van der Waals surface area contributed by atoms with Gasteiger partial charge >= 0.3 is 5.97 Å². The number of benzene rings is 1. The normalized spacial score (nSPS) is 11.3. The summed E-state index contributed by atoms with van der Waals surface area (Å²) in [6.07, 6.45) is 0. The van der Waals surface area contributed by atoms with E-state index in [4.69, 9.17) is 4.42 Å². The summed E-state index contributed by atoms with van der Waals surface area (Å²) in [5.41, 5.74) is 1.89. The molecule has 3 aromatic heterocycles. The Morgan fingerprint density at radius 1 is 1.31 bits per heavy atom. The molecule has 0 spiro atoms. The predicted molar refractivity (Wildman–Crippen MR) is 98.4 cm³/mol. The number of fused-ring (bicyclic) bond motifs is 3. The number of nitrogens with one attached hydrogen (secondary N) is 1. The lowest BCUT2D eigenvalue weighted by Crippen LogP contribution is -2.19. The Hall–Kier alpha value is -3.00. The van der Waals surface area contributed by atoms with Crippen LogP contribution in [0.1, 0.15) is 16.3 Å². The number of rotatable bonds is 4. The lowest BCUT2D eigenvalue weighted by molar-refractivity contribution is 0.0563. The van der Waals surface area contributed by atoms with Gasteiger partial charge in [0.25, 0.3) is 5.56 Å². The molecule has 0 aliphatic heterocycles. The minimum Gasteiger partial charge on any atom is -0.463 e. The molecule has 0 saturated carbocycles. The maximum Gasteiger partial charge on any atom is 0.373 e. The highest BCUT2D eigenvalue weighted by atomic mass is 32.2. The first kappa shape index (κ1) is 16.5. The van der Waals surface area contributed by atoms with E-state index in [2.05, 4.69) is 14.7 Å². The smallest absolute Gasteiger partial charge is 0.373 e. The SMILES string of the molecule is COC(=O)c1ccc(CSc2nc3c([nH]c4ccccc43)c(=O)n2C)o1. The molecule has 4 rings (SSSR count). The second-order valence-electron chi connectivity index (χ2n) is 5.70. The molecule has 0 radical (unpaired) electrons. The number of ether oxygens (including phenoxy) is 1. The number of methoxy groups -OCH3 is 1. The summed E-state index contributed by atoms with van der Waals surface area (Å²) < 4.78 is 11.6. The zero-order chi connectivity index (χ0) is 18.3. The highest BCUT2D eigenvalue weighted by molar-refractivity contribution is 7.98. The molecule has 0 amide bonds. The molecular formula is C18H15N3O4S. The molecule has 0 unspecified atom stereocenters. The fraction of sp³-hybridized carbons (Fsp3) is 0.167. The maximum absolute atomic E-state index is 12.7. The first-order chi connectivity index (χ1) is 12.6. The molecule has 8 heteroatoms. The molecule has 1 aromatic carbocycles. The van der Waals surface area contributed by atoms with Gasteiger partial charge in [-0.05, 0) is 18.2 Å². The van der Waals surface area contributed by atoms with Crippen molar-refractivity contribution in [2.75, 3.05) is 7.11 Å². The molecule has 132 valence electrons. The lowest BCUT2D eigenvalue weighted by Gasteiger charge is -2.06. The van der Waals surface area contributed by atoms with Crippen molar-refractivity contribution in [1.29, 1.82) is 0 Å². The Kier molecular flexibility index (Phi) is 4.04. The number of aromatic amines is 1. The van der Waals surface area contributed by atoms with Crippen LogP contribution >= 0.6 is 11.8 Å². The van der Waals surface area contributed by atoms with Gasteiger partial charge in [-0.3, -0.25) is 9.36 Å². The van der Waals surface area contributed by atoms with E-state index in [-0.39, 0.29) is 11.3 Å². The van der Waals surface area contributed by atoms with Crippen molar-refractivity contribution in [2.24, 2.45) is 7.05 Å². The molecule has 0 bridgehead atoms. The first-order valence-electron chi connectivity index (χ1n) is 7.85. The van der Waals surface area contributed by atoms with Crippen LogP contribution in [0.5, 0.6) is 0 Å². The number of H-pyrrole nitrogens is 1. The molecule has 0 aliphatic carbocycles. The number of para-hydroxylation sites is 1. The standard InChI is InChI=1S/C18H15N3O4S/c1-21-16(22)15-14(11-5-3-4-6-12(11)19-15)20-18(21)26-9-10-7-8-13(25-10)17(23)24-2/h3-8,19H,9H2,1-2H3. The summed E-state index contributed by atoms with van der Waals surface area (Å²) in [5.74, 6) is 0.665. The van der Waals surface area contributed by atoms with E-state index in [0.717, 1.165) is 10.9 Å². The van der Waals surface area contributed by atoms with E-state index >= 15 is 0 Å². The molecule has 4 aromatic rings. The molecule has 3 heterocycles. The van der Waals surface area contributed by atoms with E-state index in [1.165, 1.54) is 23.4 Å². The molecule has 7 nitrogen and oxygen atoms in total. The van der Waals surface area contributed by atoms with Gasteiger partial charge in [-0.15, -0.1) is 0 Å². The monoisotopic (exact) mass is 369 g/mol. The van der Waals surface area contributed by atoms with Crippen LogP contribution in [0.15, 0.2) is 50.8 Å². The fourth-order valence-electron chi connectivity index (χ4n) is 2.75. The van der Waals surface area contributed by atoms with E-state index in [9.17, 15) is 9.59 Å². The molecule has 1 N–H and O–H groups in total. The van der Waals surface area contributed by atoms with Gasteiger partial charge in [0.2, 0.25) is 5.76 Å². The molecule has 0 aliphatic rings. The zero-order valence-electron chi connectivity index (χ0n) is 14.1. The van der Waals surface area contributed by atoms with Crippen LogP contribution in [-0.4, -0.2) is 27.6 Å². The van der Waals surface area contributed by atoms with Crippen molar-refractivity contribution in [1.82, 2.24) is 14.5 Å². The number of carbonyl (C=O) groups excluding carboxylic acids is 1. The van der Waals surface area contributed by atoms with Crippen molar-refractivity contribution in [3.05, 3.63) is 58.3 Å². The molecular weight excluding hydrogens is 354 g/mol. The fourth-order valence-corrected chi connectivity index (χ4v) is 3.61. The van der Waals surface area contributed by atoms with Gasteiger partial charge in [0.1, 0.15) is 16.8 Å². The van der Waals surface area contributed by atoms with Gasteiger partial charge in [-0.1, -0.05) is 30.0 Å². The molecule has 26 heavy (non-hydrogen) atoms. The highest BCUT2D eigenvalue weighted by Crippen LogP contribution is 2.26. The van der Waals surface area contributed by atoms with Crippen molar-refractivity contribution < 1.29 is 13.9 Å². The number of hydrogen-bond acceptors (Lipinski definition) is 6. The largest absolute Gasteiger partial charge is 0.463 e. The second-order valence-corrected chi connectivity index (χ2v) is 6.64. The number of aromatic nitrogens is 3. The summed E-state index contributed by atoms with van der Waals surface area (Å²) in [6, 6.07) is 11.0. The Balaban J connectivity index is 1.69. The van der Waals surface area contributed by atoms with E-state index in [1.54, 1.807) is 19.2 Å². The summed E-state index contributed by atoms with van der Waals surface area (Å²) >= 11 is 1.37. The quantitative estimate of drug-likeness (QED) is 0.338. The topological polar surface area (TPSA) is 90.1 Å². The predicted octanol–water partition coefficient (Wildman–Crippen LogP) is 3.09. The van der Waals surface area contributed by atoms with E-state index in [1.807, 2.05) is 24.3 Å². The number of carbonyl (C=O) groups is 1. The van der Waals surface area contributed by atoms with Gasteiger partial charge in [-0.25, -0.2) is 9.78 Å². The summed E-state index contributed by atoms with van der Waals surface area (Å²) in [7, 11) is 2.99. The van der Waals surface area contributed by atoms with E-state index < -0.39 is 5.97 Å². The van der Waals surface area contributed by atoms with E-state index in [0.29, 0.717) is 27.7 Å². The number of esters is 1. The van der Waals surface area contributed by atoms with Crippen LogP contribution in [0.4, 0.5) is 0 Å². The van der Waals surface area contributed by atoms with Crippen LogP contribution < -0.4 is 5.56 Å². The van der Waals surface area contributed by atoms with Crippen LogP contribution in [0.25, 0.3) is 21.9 Å². The second kappa shape index (κ2) is 6.38. The third-order valence-electron chi connectivity index (χ3n) is 4.08. The van der Waals surface area contributed by atoms with Crippen LogP contribution in [0.2, 0.25) is 0 Å². The number of hydrogen-bond donors (Lipinski definition) is 1. The Morgan fingerprint density at radius 2 is 2.12 bits per heavy atom. The third-order valence-corrected chi connectivity index (χ3v) is 5.14. The van der Waals surface area contributed by atoms with Crippen molar-refractivity contribution in [3.63, 3.8) is 0 Å². The van der Waals surface area contributed by atoms with Gasteiger partial charge in [-0.2, -0.15) is 0 Å².